The molecule has 0 spiro atoms. The zero-order chi connectivity index (χ0) is 5.70. The van der Waals surface area contributed by atoms with Crippen LogP contribution in [0.3, 0.4) is 0 Å². The lowest BCUT2D eigenvalue weighted by Crippen LogP contribution is -2.03. The Morgan fingerprint density at radius 1 is 2.00 bits per heavy atom. The number of hydrogen-bond donors (Lipinski definition) is 1. The third-order valence-electron chi connectivity index (χ3n) is 0.373. The van der Waals surface area contributed by atoms with E-state index in [-0.39, 0.29) is 0 Å². The lowest BCUT2D eigenvalue weighted by molar-refractivity contribution is -0.129. The van der Waals surface area contributed by atoms with E-state index < -0.39 is 13.7 Å². The largest absolute Gasteiger partial charge is 0.509 e. The first kappa shape index (κ1) is 6.23. The summed E-state index contributed by atoms with van der Waals surface area (Å²) in [5.74, 6) is -0.609. The Morgan fingerprint density at radius 2 is 2.57 bits per heavy atom. The Hall–Kier alpha value is -0.765. The van der Waals surface area contributed by atoms with Crippen LogP contribution in [0.25, 0.3) is 0 Å². The molecule has 0 radical (unpaired) electrons. The van der Waals surface area contributed by atoms with Gasteiger partial charge in [-0.25, -0.2) is 4.79 Å². The number of rotatable bonds is 2. The van der Waals surface area contributed by atoms with Gasteiger partial charge in [0.1, 0.15) is 0 Å². The molecule has 0 atom stereocenters. The highest BCUT2D eigenvalue weighted by molar-refractivity contribution is 6.21. The van der Waals surface area contributed by atoms with Gasteiger partial charge < -0.3 is 9.68 Å². The quantitative estimate of drug-likeness (QED) is 0.356. The van der Waals surface area contributed by atoms with Gasteiger partial charge in [0.2, 0.25) is 0 Å². The number of carbonyl (C=O) groups excluding carboxylic acids is 1. The highest BCUT2D eigenvalue weighted by Crippen LogP contribution is 1.70. The van der Waals surface area contributed by atoms with Crippen molar-refractivity contribution in [3.63, 3.8) is 0 Å². The SMILES string of the molecule is C=CC(=O)OBO. The summed E-state index contributed by atoms with van der Waals surface area (Å²) < 4.78 is 3.99. The number of carbonyl (C=O) groups is 1. The summed E-state index contributed by atoms with van der Waals surface area (Å²) in [5.41, 5.74) is 0. The molecule has 0 saturated carbocycles. The van der Waals surface area contributed by atoms with Crippen molar-refractivity contribution in [2.45, 2.75) is 0 Å². The molecular weight excluding hydrogens is 94.8 g/mol. The van der Waals surface area contributed by atoms with Crippen LogP contribution in [-0.2, 0) is 9.45 Å². The Bertz CT molecular complexity index is 80.2. The van der Waals surface area contributed by atoms with E-state index in [0.29, 0.717) is 0 Å². The smallest absolute Gasteiger partial charge is 0.506 e. The molecule has 4 heteroatoms. The van der Waals surface area contributed by atoms with Crippen LogP contribution >= 0.6 is 0 Å². The van der Waals surface area contributed by atoms with Gasteiger partial charge in [0.05, 0.1) is 0 Å². The van der Waals surface area contributed by atoms with Crippen molar-refractivity contribution >= 4 is 13.7 Å². The van der Waals surface area contributed by atoms with E-state index >= 15 is 0 Å². The highest BCUT2D eigenvalue weighted by atomic mass is 16.6. The predicted molar refractivity (Wildman–Crippen MR) is 25.7 cm³/mol. The fourth-order valence-corrected chi connectivity index (χ4v) is 0.123. The molecule has 0 bridgehead atoms. The van der Waals surface area contributed by atoms with Gasteiger partial charge in [0.25, 0.3) is 0 Å². The zero-order valence-corrected chi connectivity index (χ0v) is 3.76. The average molecular weight is 99.9 g/mol. The third kappa shape index (κ3) is 3.05. The van der Waals surface area contributed by atoms with Gasteiger partial charge in [-0.3, -0.25) is 0 Å². The van der Waals surface area contributed by atoms with Crippen molar-refractivity contribution in [2.24, 2.45) is 0 Å². The van der Waals surface area contributed by atoms with Gasteiger partial charge in [-0.05, 0) is 0 Å². The van der Waals surface area contributed by atoms with Crippen LogP contribution in [0.2, 0.25) is 0 Å². The second kappa shape index (κ2) is 3.43. The Labute approximate surface area is 41.9 Å². The van der Waals surface area contributed by atoms with Gasteiger partial charge in [0, 0.05) is 6.08 Å². The van der Waals surface area contributed by atoms with Crippen LogP contribution in [0.5, 0.6) is 0 Å². The van der Waals surface area contributed by atoms with Crippen LogP contribution < -0.4 is 0 Å². The first-order chi connectivity index (χ1) is 3.31. The maximum atomic E-state index is 9.91. The summed E-state index contributed by atoms with van der Waals surface area (Å²) in [6.07, 6.45) is 0.982. The normalized spacial score (nSPS) is 7.00. The fraction of sp³-hybridized carbons (Fsp3) is 0. The molecule has 3 nitrogen and oxygen atoms in total. The molecule has 38 valence electrons. The summed E-state index contributed by atoms with van der Waals surface area (Å²) in [7, 11) is -0.579. The molecular formula is C3H5BO3. The summed E-state index contributed by atoms with van der Waals surface area (Å²) in [5, 5.41) is 7.88. The van der Waals surface area contributed by atoms with Gasteiger partial charge >= 0.3 is 13.7 Å². The van der Waals surface area contributed by atoms with E-state index in [1.165, 1.54) is 0 Å². The van der Waals surface area contributed by atoms with E-state index in [1.807, 2.05) is 0 Å². The first-order valence-electron chi connectivity index (χ1n) is 1.71. The van der Waals surface area contributed by atoms with Crippen molar-refractivity contribution in [1.82, 2.24) is 0 Å². The first-order valence-corrected chi connectivity index (χ1v) is 1.71. The fourth-order valence-electron chi connectivity index (χ4n) is 0.123. The van der Waals surface area contributed by atoms with Crippen molar-refractivity contribution in [1.29, 1.82) is 0 Å². The second-order valence-electron chi connectivity index (χ2n) is 0.797. The van der Waals surface area contributed by atoms with Crippen molar-refractivity contribution in [2.75, 3.05) is 0 Å². The Morgan fingerprint density at radius 3 is 2.71 bits per heavy atom. The van der Waals surface area contributed by atoms with Gasteiger partial charge in [-0.15, -0.1) is 0 Å². The van der Waals surface area contributed by atoms with Crippen LogP contribution in [0.4, 0.5) is 0 Å². The molecule has 0 aliphatic carbocycles. The summed E-state index contributed by atoms with van der Waals surface area (Å²) in [6.45, 7) is 3.09. The highest BCUT2D eigenvalue weighted by Gasteiger charge is 1.90. The summed E-state index contributed by atoms with van der Waals surface area (Å²) >= 11 is 0. The monoisotopic (exact) mass is 100 g/mol. The van der Waals surface area contributed by atoms with Crippen LogP contribution in [0.15, 0.2) is 12.7 Å². The molecule has 0 saturated heterocycles. The molecule has 0 aromatic carbocycles. The third-order valence-corrected chi connectivity index (χ3v) is 0.373. The van der Waals surface area contributed by atoms with Gasteiger partial charge in [0.15, 0.2) is 0 Å². The molecule has 0 aliphatic heterocycles. The molecule has 0 rings (SSSR count). The molecule has 0 unspecified atom stereocenters. The topological polar surface area (TPSA) is 46.5 Å². The van der Waals surface area contributed by atoms with Crippen molar-refractivity contribution in [3.05, 3.63) is 12.7 Å². The van der Waals surface area contributed by atoms with Crippen LogP contribution in [-0.4, -0.2) is 18.7 Å². The number of hydrogen-bond acceptors (Lipinski definition) is 3. The average Bonchev–Trinajstić information content (AvgIpc) is 1.68. The van der Waals surface area contributed by atoms with E-state index in [0.717, 1.165) is 6.08 Å². The minimum atomic E-state index is -0.609. The van der Waals surface area contributed by atoms with Crippen molar-refractivity contribution in [3.8, 4) is 0 Å². The predicted octanol–water partition coefficient (Wildman–Crippen LogP) is -1.03. The van der Waals surface area contributed by atoms with Crippen molar-refractivity contribution < 1.29 is 14.5 Å². The van der Waals surface area contributed by atoms with E-state index in [9.17, 15) is 4.79 Å². The molecule has 0 aliphatic rings. The minimum Gasteiger partial charge on any atom is -0.509 e. The summed E-state index contributed by atoms with van der Waals surface area (Å²) in [4.78, 5) is 9.91. The summed E-state index contributed by atoms with van der Waals surface area (Å²) in [6, 6.07) is 0. The van der Waals surface area contributed by atoms with Gasteiger partial charge in [-0.1, -0.05) is 6.58 Å². The van der Waals surface area contributed by atoms with E-state index in [2.05, 4.69) is 11.2 Å². The molecule has 0 fully saturated rings. The maximum Gasteiger partial charge on any atom is 0.506 e. The lowest BCUT2D eigenvalue weighted by Gasteiger charge is -1.88. The zero-order valence-electron chi connectivity index (χ0n) is 3.76. The second-order valence-corrected chi connectivity index (χ2v) is 0.797. The van der Waals surface area contributed by atoms with E-state index in [1.54, 1.807) is 0 Å². The molecule has 0 heterocycles. The standard InChI is InChI=1S/C3H5BO3/c1-2-3(5)7-4-6/h2,4,6H,1H2. The molecule has 0 aromatic heterocycles. The maximum absolute atomic E-state index is 9.91. The molecule has 1 N–H and O–H groups in total. The lowest BCUT2D eigenvalue weighted by atomic mass is 10.4. The Kier molecular flexibility index (Phi) is 3.05. The molecule has 7 heavy (non-hydrogen) atoms. The Balaban J connectivity index is 3.17. The van der Waals surface area contributed by atoms with E-state index in [4.69, 9.17) is 5.02 Å². The van der Waals surface area contributed by atoms with Crippen LogP contribution in [0, 0.1) is 0 Å². The molecule has 0 aromatic rings. The van der Waals surface area contributed by atoms with Gasteiger partial charge in [-0.2, -0.15) is 0 Å². The minimum absolute atomic E-state index is 0.579. The molecule has 0 amide bonds. The van der Waals surface area contributed by atoms with Crippen LogP contribution in [0.1, 0.15) is 0 Å².